The van der Waals surface area contributed by atoms with Crippen molar-refractivity contribution < 1.29 is 4.94 Å². The lowest BCUT2D eigenvalue weighted by molar-refractivity contribution is -0.163. The predicted octanol–water partition coefficient (Wildman–Crippen LogP) is 4.81. The maximum atomic E-state index is 5.22. The van der Waals surface area contributed by atoms with Gasteiger partial charge in [0, 0.05) is 13.1 Å². The van der Waals surface area contributed by atoms with Crippen molar-refractivity contribution >= 4 is 0 Å². The molecule has 0 heterocycles. The molecule has 3 nitrogen and oxygen atoms in total. The molecule has 0 aromatic heterocycles. The van der Waals surface area contributed by atoms with Crippen LogP contribution in [0.3, 0.4) is 0 Å². The van der Waals surface area contributed by atoms with E-state index in [1.54, 1.807) is 0 Å². The topological polar surface area (TPSA) is 38.5 Å². The summed E-state index contributed by atoms with van der Waals surface area (Å²) in [6.45, 7) is 6.33. The number of rotatable bonds is 15. The fourth-order valence-corrected chi connectivity index (χ4v) is 2.42. The molecule has 0 aromatic rings. The van der Waals surface area contributed by atoms with Gasteiger partial charge in [-0.3, -0.25) is 0 Å². The molecular weight excluding hydrogens is 236 g/mol. The van der Waals surface area contributed by atoms with E-state index < -0.39 is 0 Å². The van der Waals surface area contributed by atoms with Crippen molar-refractivity contribution in [3.05, 3.63) is 0 Å². The molecular formula is C16H36N2O. The van der Waals surface area contributed by atoms with Crippen molar-refractivity contribution in [2.24, 2.45) is 5.90 Å². The number of hydrogen-bond donors (Lipinski definition) is 1. The largest absolute Gasteiger partial charge is 0.214 e. The number of unbranched alkanes of at least 4 members (excludes halogenated alkanes) is 10. The van der Waals surface area contributed by atoms with Crippen molar-refractivity contribution in [2.75, 3.05) is 13.1 Å². The molecule has 0 aliphatic carbocycles. The fraction of sp³-hybridized carbons (Fsp3) is 1.00. The zero-order chi connectivity index (χ0) is 14.2. The van der Waals surface area contributed by atoms with Gasteiger partial charge < -0.3 is 0 Å². The summed E-state index contributed by atoms with van der Waals surface area (Å²) in [4.78, 5) is 4.82. The van der Waals surface area contributed by atoms with Gasteiger partial charge in [-0.15, -0.1) is 0 Å². The van der Waals surface area contributed by atoms with Crippen molar-refractivity contribution in [3.63, 3.8) is 0 Å². The third kappa shape index (κ3) is 14.1. The molecule has 0 aliphatic heterocycles. The molecule has 2 N–H and O–H groups in total. The van der Waals surface area contributed by atoms with E-state index in [9.17, 15) is 0 Å². The van der Waals surface area contributed by atoms with Crippen LogP contribution in [0, 0.1) is 0 Å². The average molecular weight is 272 g/mol. The van der Waals surface area contributed by atoms with Crippen LogP contribution in [0.4, 0.5) is 0 Å². The van der Waals surface area contributed by atoms with Gasteiger partial charge in [0.15, 0.2) is 0 Å². The Morgan fingerprint density at radius 2 is 1.11 bits per heavy atom. The van der Waals surface area contributed by atoms with Crippen LogP contribution in [0.1, 0.15) is 90.9 Å². The van der Waals surface area contributed by atoms with E-state index in [1.165, 1.54) is 70.6 Å². The van der Waals surface area contributed by atoms with Crippen LogP contribution in [0.5, 0.6) is 0 Å². The van der Waals surface area contributed by atoms with Crippen molar-refractivity contribution in [1.29, 1.82) is 0 Å². The molecule has 0 spiro atoms. The molecule has 0 rings (SSSR count). The zero-order valence-corrected chi connectivity index (χ0v) is 13.3. The van der Waals surface area contributed by atoms with Gasteiger partial charge in [-0.05, 0) is 12.8 Å². The lowest BCUT2D eigenvalue weighted by Gasteiger charge is -2.17. The third-order valence-corrected chi connectivity index (χ3v) is 3.63. The average Bonchev–Trinajstić information content (AvgIpc) is 2.43. The second-order valence-electron chi connectivity index (χ2n) is 5.57. The normalized spacial score (nSPS) is 11.4. The minimum atomic E-state index is 0.939. The molecule has 116 valence electrons. The minimum Gasteiger partial charge on any atom is -0.214 e. The molecule has 19 heavy (non-hydrogen) atoms. The van der Waals surface area contributed by atoms with E-state index in [4.69, 9.17) is 10.8 Å². The van der Waals surface area contributed by atoms with Gasteiger partial charge in [0.1, 0.15) is 0 Å². The van der Waals surface area contributed by atoms with Crippen LogP contribution in [0.2, 0.25) is 0 Å². The second kappa shape index (κ2) is 15.9. The highest BCUT2D eigenvalue weighted by Gasteiger charge is 2.01. The Morgan fingerprint density at radius 1 is 0.632 bits per heavy atom. The molecule has 0 fully saturated rings. The number of nitrogens with two attached hydrogens (primary N) is 1. The first kappa shape index (κ1) is 18.9. The van der Waals surface area contributed by atoms with E-state index in [0.29, 0.717) is 0 Å². The Kier molecular flexibility index (Phi) is 15.8. The van der Waals surface area contributed by atoms with Gasteiger partial charge in [0.05, 0.1) is 0 Å². The van der Waals surface area contributed by atoms with E-state index >= 15 is 0 Å². The lowest BCUT2D eigenvalue weighted by Crippen LogP contribution is -2.29. The smallest absolute Gasteiger partial charge is 0.0259 e. The first-order valence-corrected chi connectivity index (χ1v) is 8.46. The quantitative estimate of drug-likeness (QED) is 0.343. The molecule has 0 aromatic carbocycles. The molecule has 0 atom stereocenters. The Morgan fingerprint density at radius 3 is 1.53 bits per heavy atom. The third-order valence-electron chi connectivity index (χ3n) is 3.63. The number of hydrogen-bond acceptors (Lipinski definition) is 3. The monoisotopic (exact) mass is 272 g/mol. The van der Waals surface area contributed by atoms with Crippen LogP contribution in [-0.2, 0) is 4.94 Å². The fourth-order valence-electron chi connectivity index (χ4n) is 2.42. The minimum absolute atomic E-state index is 0.939. The summed E-state index contributed by atoms with van der Waals surface area (Å²) in [7, 11) is 0. The zero-order valence-electron chi connectivity index (χ0n) is 13.3. The van der Waals surface area contributed by atoms with Crippen molar-refractivity contribution in [1.82, 2.24) is 5.06 Å². The summed E-state index contributed by atoms with van der Waals surface area (Å²) in [5.41, 5.74) is 0. The number of nitrogens with zero attached hydrogens (tertiary/aromatic N) is 1. The molecule has 0 unspecified atom stereocenters. The summed E-state index contributed by atoms with van der Waals surface area (Å²) < 4.78 is 0. The first-order valence-electron chi connectivity index (χ1n) is 8.46. The van der Waals surface area contributed by atoms with Gasteiger partial charge in [-0.1, -0.05) is 78.1 Å². The summed E-state index contributed by atoms with van der Waals surface area (Å²) >= 11 is 0. The SMILES string of the molecule is CCCCCCCCCCCCCN(CCC)ON. The van der Waals surface area contributed by atoms with Crippen molar-refractivity contribution in [3.8, 4) is 0 Å². The van der Waals surface area contributed by atoms with Crippen LogP contribution >= 0.6 is 0 Å². The lowest BCUT2D eigenvalue weighted by atomic mass is 10.1. The van der Waals surface area contributed by atoms with Gasteiger partial charge in [0.25, 0.3) is 0 Å². The molecule has 0 aliphatic rings. The van der Waals surface area contributed by atoms with E-state index in [-0.39, 0.29) is 0 Å². The Balaban J connectivity index is 3.09. The molecule has 0 saturated heterocycles. The maximum Gasteiger partial charge on any atom is 0.0259 e. The number of hydroxylamine groups is 2. The van der Waals surface area contributed by atoms with Crippen LogP contribution in [0.25, 0.3) is 0 Å². The Labute approximate surface area is 120 Å². The van der Waals surface area contributed by atoms with Crippen molar-refractivity contribution in [2.45, 2.75) is 90.9 Å². The van der Waals surface area contributed by atoms with Gasteiger partial charge in [-0.25, -0.2) is 4.94 Å². The molecule has 0 saturated carbocycles. The summed E-state index contributed by atoms with van der Waals surface area (Å²) in [6.07, 6.45) is 16.3. The second-order valence-corrected chi connectivity index (χ2v) is 5.57. The summed E-state index contributed by atoms with van der Waals surface area (Å²) in [5.74, 6) is 5.22. The van der Waals surface area contributed by atoms with Crippen LogP contribution < -0.4 is 5.90 Å². The Hall–Kier alpha value is -0.120. The molecule has 0 radical (unpaired) electrons. The highest BCUT2D eigenvalue weighted by atomic mass is 16.8. The molecule has 0 amide bonds. The summed E-state index contributed by atoms with van der Waals surface area (Å²) in [5, 5.41) is 1.87. The van der Waals surface area contributed by atoms with Gasteiger partial charge in [-0.2, -0.15) is 11.0 Å². The molecule has 3 heteroatoms. The highest BCUT2D eigenvalue weighted by molar-refractivity contribution is 4.50. The van der Waals surface area contributed by atoms with E-state index in [1.807, 2.05) is 5.06 Å². The van der Waals surface area contributed by atoms with Gasteiger partial charge in [0.2, 0.25) is 0 Å². The Bertz CT molecular complexity index is 165. The molecule has 0 bridgehead atoms. The van der Waals surface area contributed by atoms with Crippen LogP contribution in [0.15, 0.2) is 0 Å². The maximum absolute atomic E-state index is 5.22. The first-order chi connectivity index (χ1) is 9.35. The van der Waals surface area contributed by atoms with Gasteiger partial charge >= 0.3 is 0 Å². The van der Waals surface area contributed by atoms with E-state index in [0.717, 1.165) is 19.5 Å². The summed E-state index contributed by atoms with van der Waals surface area (Å²) in [6, 6.07) is 0. The van der Waals surface area contributed by atoms with E-state index in [2.05, 4.69) is 13.8 Å². The van der Waals surface area contributed by atoms with Crippen LogP contribution in [-0.4, -0.2) is 18.2 Å². The predicted molar refractivity (Wildman–Crippen MR) is 83.6 cm³/mol. The standard InChI is InChI=1S/C16H36N2O/c1-3-5-6-7-8-9-10-11-12-13-14-16-18(19-17)15-4-2/h3-17H2,1-2H3. The highest BCUT2D eigenvalue weighted by Crippen LogP contribution is 2.11.